The van der Waals surface area contributed by atoms with Crippen molar-refractivity contribution < 1.29 is 31.1 Å². The number of piperazine rings is 1. The highest BCUT2D eigenvalue weighted by Crippen LogP contribution is 2.33. The van der Waals surface area contributed by atoms with Crippen LogP contribution in [0.25, 0.3) is 0 Å². The summed E-state index contributed by atoms with van der Waals surface area (Å²) in [6.07, 6.45) is -9.05. The van der Waals surface area contributed by atoms with E-state index in [9.17, 15) is 31.1 Å². The third kappa shape index (κ3) is 5.56. The summed E-state index contributed by atoms with van der Waals surface area (Å²) >= 11 is 0.233. The molecule has 0 saturated carbocycles. The van der Waals surface area contributed by atoms with Gasteiger partial charge in [-0.2, -0.15) is 26.3 Å². The summed E-state index contributed by atoms with van der Waals surface area (Å²) < 4.78 is 76.0. The van der Waals surface area contributed by atoms with Crippen LogP contribution in [0.2, 0.25) is 0 Å². The number of alkyl halides is 6. The minimum absolute atomic E-state index is 0.0721. The Bertz CT molecular complexity index is 860. The molecular formula is C16H15F6N5OS. The zero-order chi connectivity index (χ0) is 21.2. The van der Waals surface area contributed by atoms with E-state index in [0.717, 1.165) is 12.1 Å². The molecule has 0 radical (unpaired) electrons. The van der Waals surface area contributed by atoms with Gasteiger partial charge in [0.2, 0.25) is 16.0 Å². The minimum Gasteiger partial charge on any atom is -0.369 e. The molecule has 1 aromatic heterocycles. The lowest BCUT2D eigenvalue weighted by Gasteiger charge is -2.35. The standard InChI is InChI=1S/C16H15F6N5OS/c17-15(18,19)10-2-1-3-11(8-10)27-6-4-26(5-7-27)9-12(28)23-14-25-24-13(29-14)16(20,21)22/h1-3,8H,4-7,9H2,(H,23,25,28). The van der Waals surface area contributed by atoms with Gasteiger partial charge in [-0.1, -0.05) is 17.4 Å². The molecule has 13 heteroatoms. The van der Waals surface area contributed by atoms with Crippen LogP contribution in [0.15, 0.2) is 24.3 Å². The van der Waals surface area contributed by atoms with Gasteiger partial charge >= 0.3 is 12.4 Å². The Kier molecular flexibility index (Phi) is 5.98. The van der Waals surface area contributed by atoms with E-state index in [0.29, 0.717) is 31.9 Å². The van der Waals surface area contributed by atoms with Crippen LogP contribution in [0.1, 0.15) is 10.6 Å². The van der Waals surface area contributed by atoms with E-state index >= 15 is 0 Å². The third-order valence-corrected chi connectivity index (χ3v) is 5.08. The van der Waals surface area contributed by atoms with Gasteiger partial charge in [0.15, 0.2) is 0 Å². The number of anilines is 2. The lowest BCUT2D eigenvalue weighted by Crippen LogP contribution is -2.48. The normalized spacial score (nSPS) is 16.1. The van der Waals surface area contributed by atoms with Crippen molar-refractivity contribution in [3.05, 3.63) is 34.8 Å². The number of amides is 1. The van der Waals surface area contributed by atoms with Crippen molar-refractivity contribution in [1.29, 1.82) is 0 Å². The number of carbonyl (C=O) groups excluding carboxylic acids is 1. The fourth-order valence-corrected chi connectivity index (χ4v) is 3.42. The SMILES string of the molecule is O=C(CN1CCN(c2cccc(C(F)(F)F)c2)CC1)Nc1nnc(C(F)(F)F)s1. The Hall–Kier alpha value is -2.41. The summed E-state index contributed by atoms with van der Waals surface area (Å²) in [5.74, 6) is -0.539. The second-order valence-corrected chi connectivity index (χ2v) is 7.25. The van der Waals surface area contributed by atoms with E-state index in [1.54, 1.807) is 15.9 Å². The fourth-order valence-electron chi connectivity index (χ4n) is 2.79. The molecule has 1 amide bonds. The lowest BCUT2D eigenvalue weighted by molar-refractivity contribution is -0.138. The number of aromatic nitrogens is 2. The van der Waals surface area contributed by atoms with Crippen LogP contribution in [-0.2, 0) is 17.1 Å². The van der Waals surface area contributed by atoms with Crippen molar-refractivity contribution in [3.8, 4) is 0 Å². The molecule has 0 spiro atoms. The highest BCUT2D eigenvalue weighted by atomic mass is 32.1. The molecule has 1 saturated heterocycles. The van der Waals surface area contributed by atoms with Crippen LogP contribution >= 0.6 is 11.3 Å². The van der Waals surface area contributed by atoms with E-state index < -0.39 is 28.8 Å². The van der Waals surface area contributed by atoms with Gasteiger partial charge in [0, 0.05) is 31.9 Å². The van der Waals surface area contributed by atoms with Crippen molar-refractivity contribution in [1.82, 2.24) is 15.1 Å². The molecule has 0 aliphatic carbocycles. The monoisotopic (exact) mass is 439 g/mol. The molecule has 6 nitrogen and oxygen atoms in total. The molecule has 0 unspecified atom stereocenters. The first kappa shape index (κ1) is 21.3. The van der Waals surface area contributed by atoms with Crippen molar-refractivity contribution >= 4 is 28.1 Å². The van der Waals surface area contributed by atoms with Crippen LogP contribution < -0.4 is 10.2 Å². The lowest BCUT2D eigenvalue weighted by atomic mass is 10.1. The summed E-state index contributed by atoms with van der Waals surface area (Å²) in [5.41, 5.74) is -0.287. The minimum atomic E-state index is -4.62. The molecule has 29 heavy (non-hydrogen) atoms. The highest BCUT2D eigenvalue weighted by Gasteiger charge is 2.36. The van der Waals surface area contributed by atoms with E-state index in [1.165, 1.54) is 6.07 Å². The van der Waals surface area contributed by atoms with Crippen LogP contribution in [0.3, 0.4) is 0 Å². The number of rotatable bonds is 4. The van der Waals surface area contributed by atoms with E-state index in [4.69, 9.17) is 0 Å². The molecule has 1 fully saturated rings. The quantitative estimate of drug-likeness (QED) is 0.741. The Balaban J connectivity index is 1.51. The largest absolute Gasteiger partial charge is 0.445 e. The van der Waals surface area contributed by atoms with Gasteiger partial charge in [0.25, 0.3) is 0 Å². The third-order valence-electron chi connectivity index (χ3n) is 4.19. The van der Waals surface area contributed by atoms with Crippen molar-refractivity contribution in [2.24, 2.45) is 0 Å². The van der Waals surface area contributed by atoms with Crippen molar-refractivity contribution in [2.45, 2.75) is 12.4 Å². The predicted molar refractivity (Wildman–Crippen MR) is 93.6 cm³/mol. The summed E-state index contributed by atoms with van der Waals surface area (Å²) in [6, 6.07) is 5.01. The van der Waals surface area contributed by atoms with Crippen LogP contribution in [0.4, 0.5) is 37.2 Å². The number of benzene rings is 1. The molecule has 1 aromatic carbocycles. The molecule has 158 valence electrons. The fraction of sp³-hybridized carbons (Fsp3) is 0.438. The number of carbonyl (C=O) groups is 1. The molecule has 1 aliphatic rings. The number of nitrogens with zero attached hydrogens (tertiary/aromatic N) is 4. The number of hydrogen-bond acceptors (Lipinski definition) is 6. The molecular weight excluding hydrogens is 424 g/mol. The zero-order valence-corrected chi connectivity index (χ0v) is 15.5. The summed E-state index contributed by atoms with van der Waals surface area (Å²) in [4.78, 5) is 15.5. The molecule has 3 rings (SSSR count). The first-order valence-corrected chi connectivity index (χ1v) is 9.19. The average Bonchev–Trinajstić information content (AvgIpc) is 3.10. The molecule has 0 atom stereocenters. The van der Waals surface area contributed by atoms with E-state index in [2.05, 4.69) is 15.5 Å². The molecule has 2 heterocycles. The molecule has 2 aromatic rings. The predicted octanol–water partition coefficient (Wildman–Crippen LogP) is 3.34. The van der Waals surface area contributed by atoms with Crippen LogP contribution in [-0.4, -0.2) is 53.7 Å². The van der Waals surface area contributed by atoms with Crippen LogP contribution in [0, 0.1) is 0 Å². The highest BCUT2D eigenvalue weighted by molar-refractivity contribution is 7.15. The van der Waals surface area contributed by atoms with Gasteiger partial charge < -0.3 is 4.90 Å². The van der Waals surface area contributed by atoms with Crippen LogP contribution in [0.5, 0.6) is 0 Å². The second kappa shape index (κ2) is 8.14. The second-order valence-electron chi connectivity index (χ2n) is 6.27. The van der Waals surface area contributed by atoms with Gasteiger partial charge in [0.05, 0.1) is 12.1 Å². The molecule has 1 N–H and O–H groups in total. The zero-order valence-electron chi connectivity index (χ0n) is 14.7. The Morgan fingerprint density at radius 1 is 1.03 bits per heavy atom. The maximum absolute atomic E-state index is 12.8. The Morgan fingerprint density at radius 3 is 2.31 bits per heavy atom. The van der Waals surface area contributed by atoms with Crippen molar-refractivity contribution in [3.63, 3.8) is 0 Å². The number of nitrogens with one attached hydrogen (secondary N) is 1. The summed E-state index contributed by atoms with van der Waals surface area (Å²) in [5, 5.41) is 7.16. The smallest absolute Gasteiger partial charge is 0.369 e. The van der Waals surface area contributed by atoms with Gasteiger partial charge in [-0.25, -0.2) is 0 Å². The van der Waals surface area contributed by atoms with Gasteiger partial charge in [-0.3, -0.25) is 15.0 Å². The van der Waals surface area contributed by atoms with E-state index in [1.807, 2.05) is 0 Å². The van der Waals surface area contributed by atoms with Gasteiger partial charge in [-0.15, -0.1) is 10.2 Å². The average molecular weight is 439 g/mol. The van der Waals surface area contributed by atoms with Gasteiger partial charge in [-0.05, 0) is 18.2 Å². The summed E-state index contributed by atoms with van der Waals surface area (Å²) in [7, 11) is 0. The first-order chi connectivity index (χ1) is 13.5. The maximum Gasteiger partial charge on any atom is 0.445 e. The number of halogens is 6. The van der Waals surface area contributed by atoms with E-state index in [-0.39, 0.29) is 23.0 Å². The van der Waals surface area contributed by atoms with Crippen molar-refractivity contribution in [2.75, 3.05) is 42.9 Å². The Morgan fingerprint density at radius 2 is 1.72 bits per heavy atom. The molecule has 1 aliphatic heterocycles. The molecule has 0 bridgehead atoms. The first-order valence-electron chi connectivity index (χ1n) is 8.37. The maximum atomic E-state index is 12.8. The number of hydrogen-bond donors (Lipinski definition) is 1. The summed E-state index contributed by atoms with van der Waals surface area (Å²) in [6.45, 7) is 1.57. The van der Waals surface area contributed by atoms with Gasteiger partial charge in [0.1, 0.15) is 0 Å². The Labute approximate surface area is 165 Å². The topological polar surface area (TPSA) is 61.4 Å².